The number of carbonyl (C=O) groups is 1. The molecule has 1 heterocycles. The summed E-state index contributed by atoms with van der Waals surface area (Å²) in [6, 6.07) is 6.89. The first kappa shape index (κ1) is 13.2. The van der Waals surface area contributed by atoms with Crippen LogP contribution in [0.15, 0.2) is 36.4 Å². The van der Waals surface area contributed by atoms with E-state index in [-0.39, 0.29) is 16.8 Å². The predicted molar refractivity (Wildman–Crippen MR) is 60.0 cm³/mol. The number of hydrogen-bond donors (Lipinski definition) is 0. The molecular weight excluding hydrogens is 262 g/mol. The molecule has 0 N–H and O–H groups in total. The lowest BCUT2D eigenvalue weighted by molar-refractivity contribution is -0.137. The minimum Gasteiger partial charge on any atom is -0.296 e. The number of aromatic nitrogens is 1. The second-order valence-electron chi connectivity index (χ2n) is 3.74. The van der Waals surface area contributed by atoms with Crippen LogP contribution in [0.4, 0.5) is 17.6 Å². The van der Waals surface area contributed by atoms with Crippen LogP contribution in [0.5, 0.6) is 0 Å². The molecular formula is C13H7F4NO. The summed E-state index contributed by atoms with van der Waals surface area (Å²) in [5, 5.41) is 0. The smallest absolute Gasteiger partial charge is 0.296 e. The summed E-state index contributed by atoms with van der Waals surface area (Å²) >= 11 is 0. The zero-order valence-electron chi connectivity index (χ0n) is 9.41. The maximum atomic E-state index is 13.7. The highest BCUT2D eigenvalue weighted by Crippen LogP contribution is 2.37. The van der Waals surface area contributed by atoms with Gasteiger partial charge in [0, 0.05) is 5.56 Å². The molecule has 1 aromatic heterocycles. The van der Waals surface area contributed by atoms with Crippen molar-refractivity contribution in [3.8, 4) is 11.1 Å². The number of halogens is 4. The molecule has 0 fully saturated rings. The molecule has 1 aromatic carbocycles. The van der Waals surface area contributed by atoms with Gasteiger partial charge in [-0.25, -0.2) is 4.98 Å². The van der Waals surface area contributed by atoms with Crippen LogP contribution in [-0.2, 0) is 6.18 Å². The minimum absolute atomic E-state index is 0.175. The highest BCUT2D eigenvalue weighted by molar-refractivity contribution is 5.74. The quantitative estimate of drug-likeness (QED) is 0.472. The van der Waals surface area contributed by atoms with Gasteiger partial charge in [-0.1, -0.05) is 18.2 Å². The summed E-state index contributed by atoms with van der Waals surface area (Å²) in [4.78, 5) is 13.7. The van der Waals surface area contributed by atoms with Crippen LogP contribution >= 0.6 is 0 Å². The molecule has 0 saturated heterocycles. The molecule has 0 aliphatic carbocycles. The predicted octanol–water partition coefficient (Wildman–Crippen LogP) is 3.72. The van der Waals surface area contributed by atoms with E-state index in [2.05, 4.69) is 4.98 Å². The van der Waals surface area contributed by atoms with E-state index in [0.717, 1.165) is 18.2 Å². The summed E-state index contributed by atoms with van der Waals surface area (Å²) in [7, 11) is 0. The van der Waals surface area contributed by atoms with Crippen molar-refractivity contribution in [3.05, 3.63) is 53.6 Å². The largest absolute Gasteiger partial charge is 0.417 e. The Morgan fingerprint density at radius 2 is 1.68 bits per heavy atom. The second kappa shape index (κ2) is 4.79. The SMILES string of the molecule is O=Cc1ccc(-c2ccccc2C(F)(F)F)c(F)n1. The van der Waals surface area contributed by atoms with Crippen molar-refractivity contribution < 1.29 is 22.4 Å². The van der Waals surface area contributed by atoms with Gasteiger partial charge in [0.15, 0.2) is 6.29 Å². The first-order chi connectivity index (χ1) is 8.93. The van der Waals surface area contributed by atoms with Gasteiger partial charge >= 0.3 is 6.18 Å². The first-order valence-corrected chi connectivity index (χ1v) is 5.22. The number of alkyl halides is 3. The lowest BCUT2D eigenvalue weighted by Gasteiger charge is -2.12. The van der Waals surface area contributed by atoms with Crippen LogP contribution in [0.2, 0.25) is 0 Å². The van der Waals surface area contributed by atoms with Gasteiger partial charge < -0.3 is 0 Å². The molecule has 2 nitrogen and oxygen atoms in total. The average Bonchev–Trinajstić information content (AvgIpc) is 2.37. The summed E-state index contributed by atoms with van der Waals surface area (Å²) in [5.41, 5.74) is -1.73. The van der Waals surface area contributed by atoms with E-state index in [0.29, 0.717) is 6.29 Å². The van der Waals surface area contributed by atoms with E-state index < -0.39 is 17.7 Å². The van der Waals surface area contributed by atoms with Crippen molar-refractivity contribution in [2.75, 3.05) is 0 Å². The topological polar surface area (TPSA) is 30.0 Å². The third kappa shape index (κ3) is 2.62. The zero-order chi connectivity index (χ0) is 14.0. The number of pyridine rings is 1. The van der Waals surface area contributed by atoms with E-state index in [1.807, 2.05) is 0 Å². The Bertz CT molecular complexity index is 622. The summed E-state index contributed by atoms with van der Waals surface area (Å²) in [6.45, 7) is 0. The Labute approximate surface area is 105 Å². The molecule has 0 radical (unpaired) electrons. The molecule has 0 saturated carbocycles. The van der Waals surface area contributed by atoms with Crippen molar-refractivity contribution in [2.45, 2.75) is 6.18 Å². The van der Waals surface area contributed by atoms with Gasteiger partial charge in [0.05, 0.1) is 5.56 Å². The maximum absolute atomic E-state index is 13.7. The van der Waals surface area contributed by atoms with Crippen LogP contribution < -0.4 is 0 Å². The zero-order valence-corrected chi connectivity index (χ0v) is 9.41. The Balaban J connectivity index is 2.63. The molecule has 0 unspecified atom stereocenters. The number of rotatable bonds is 2. The van der Waals surface area contributed by atoms with E-state index in [1.165, 1.54) is 18.2 Å². The normalized spacial score (nSPS) is 11.4. The molecule has 0 bridgehead atoms. The Morgan fingerprint density at radius 3 is 2.26 bits per heavy atom. The fraction of sp³-hybridized carbons (Fsp3) is 0.0769. The molecule has 19 heavy (non-hydrogen) atoms. The van der Waals surface area contributed by atoms with Crippen LogP contribution in [0.25, 0.3) is 11.1 Å². The van der Waals surface area contributed by atoms with Gasteiger partial charge in [-0.2, -0.15) is 17.6 Å². The Kier molecular flexibility index (Phi) is 3.33. The lowest BCUT2D eigenvalue weighted by atomic mass is 10.0. The van der Waals surface area contributed by atoms with Gasteiger partial charge in [-0.15, -0.1) is 0 Å². The minimum atomic E-state index is -4.59. The number of aldehydes is 1. The van der Waals surface area contributed by atoms with Crippen molar-refractivity contribution in [1.82, 2.24) is 4.98 Å². The van der Waals surface area contributed by atoms with E-state index in [1.54, 1.807) is 0 Å². The van der Waals surface area contributed by atoms with E-state index >= 15 is 0 Å². The number of carbonyl (C=O) groups excluding carboxylic acids is 1. The third-order valence-electron chi connectivity index (χ3n) is 2.51. The highest BCUT2D eigenvalue weighted by atomic mass is 19.4. The molecule has 98 valence electrons. The fourth-order valence-electron chi connectivity index (χ4n) is 1.68. The summed E-state index contributed by atoms with van der Waals surface area (Å²) in [5.74, 6) is -1.11. The molecule has 0 atom stereocenters. The molecule has 2 aromatic rings. The summed E-state index contributed by atoms with van der Waals surface area (Å²) in [6.07, 6.45) is -4.27. The molecule has 0 aliphatic rings. The highest BCUT2D eigenvalue weighted by Gasteiger charge is 2.33. The van der Waals surface area contributed by atoms with Crippen molar-refractivity contribution in [2.24, 2.45) is 0 Å². The Morgan fingerprint density at radius 1 is 1.00 bits per heavy atom. The maximum Gasteiger partial charge on any atom is 0.417 e. The monoisotopic (exact) mass is 269 g/mol. The molecule has 0 spiro atoms. The van der Waals surface area contributed by atoms with Crippen molar-refractivity contribution in [3.63, 3.8) is 0 Å². The molecule has 0 amide bonds. The summed E-state index contributed by atoms with van der Waals surface area (Å²) < 4.78 is 52.1. The molecule has 2 rings (SSSR count). The van der Waals surface area contributed by atoms with Crippen LogP contribution in [0.1, 0.15) is 16.1 Å². The molecule has 6 heteroatoms. The molecule has 0 aliphatic heterocycles. The van der Waals surface area contributed by atoms with Crippen LogP contribution in [-0.4, -0.2) is 11.3 Å². The third-order valence-corrected chi connectivity index (χ3v) is 2.51. The van der Waals surface area contributed by atoms with Crippen molar-refractivity contribution >= 4 is 6.29 Å². The van der Waals surface area contributed by atoms with Gasteiger partial charge in [-0.05, 0) is 23.8 Å². The van der Waals surface area contributed by atoms with Crippen molar-refractivity contribution in [1.29, 1.82) is 0 Å². The van der Waals surface area contributed by atoms with Crippen LogP contribution in [0.3, 0.4) is 0 Å². The number of hydrogen-bond acceptors (Lipinski definition) is 2. The lowest BCUT2D eigenvalue weighted by Crippen LogP contribution is -2.08. The van der Waals surface area contributed by atoms with E-state index in [4.69, 9.17) is 0 Å². The Hall–Kier alpha value is -2.24. The number of benzene rings is 1. The van der Waals surface area contributed by atoms with Gasteiger partial charge in [0.1, 0.15) is 5.69 Å². The fourth-order valence-corrected chi connectivity index (χ4v) is 1.68. The van der Waals surface area contributed by atoms with Gasteiger partial charge in [0.2, 0.25) is 5.95 Å². The standard InChI is InChI=1S/C13H7F4NO/c14-12-10(6-5-8(7-19)18-12)9-3-1-2-4-11(9)13(15,16)17/h1-7H. The average molecular weight is 269 g/mol. The van der Waals surface area contributed by atoms with Gasteiger partial charge in [-0.3, -0.25) is 4.79 Å². The van der Waals surface area contributed by atoms with Gasteiger partial charge in [0.25, 0.3) is 0 Å². The number of nitrogens with zero attached hydrogens (tertiary/aromatic N) is 1. The van der Waals surface area contributed by atoms with E-state index in [9.17, 15) is 22.4 Å². The first-order valence-electron chi connectivity index (χ1n) is 5.22. The second-order valence-corrected chi connectivity index (χ2v) is 3.74. The van der Waals surface area contributed by atoms with Crippen LogP contribution in [0, 0.1) is 5.95 Å².